The highest BCUT2D eigenvalue weighted by atomic mass is 16.2. The first kappa shape index (κ1) is 16.2. The summed E-state index contributed by atoms with van der Waals surface area (Å²) >= 11 is 0. The number of benzene rings is 1. The van der Waals surface area contributed by atoms with Gasteiger partial charge in [0.2, 0.25) is 0 Å². The van der Waals surface area contributed by atoms with Gasteiger partial charge in [-0.2, -0.15) is 5.10 Å². The van der Waals surface area contributed by atoms with Gasteiger partial charge in [-0.05, 0) is 30.7 Å². The molecule has 1 N–H and O–H groups in total. The highest BCUT2D eigenvalue weighted by Crippen LogP contribution is 2.20. The third-order valence-electron chi connectivity index (χ3n) is 4.32. The molecule has 1 aliphatic rings. The number of carbonyl (C=O) groups excluding carboxylic acids is 1. The summed E-state index contributed by atoms with van der Waals surface area (Å²) in [5.74, 6) is 0.607. The Morgan fingerprint density at radius 3 is 2.85 bits per heavy atom. The van der Waals surface area contributed by atoms with Gasteiger partial charge in [0, 0.05) is 26.1 Å². The molecule has 1 aromatic carbocycles. The molecule has 3 aromatic rings. The van der Waals surface area contributed by atoms with Crippen LogP contribution in [-0.2, 0) is 13.0 Å². The zero-order valence-electron chi connectivity index (χ0n) is 14.5. The molecule has 0 saturated heterocycles. The molecular weight excluding hydrogens is 330 g/mol. The minimum Gasteiger partial charge on any atom is -0.369 e. The van der Waals surface area contributed by atoms with Gasteiger partial charge in [0.25, 0.3) is 5.91 Å². The predicted octanol–water partition coefficient (Wildman–Crippen LogP) is 1.69. The lowest BCUT2D eigenvalue weighted by molar-refractivity contribution is 0.0727. The fraction of sp³-hybridized carbons (Fsp3) is 0.278. The average molecular weight is 349 g/mol. The molecule has 8 heteroatoms. The summed E-state index contributed by atoms with van der Waals surface area (Å²) < 4.78 is 1.61. The number of para-hydroxylation sites is 1. The van der Waals surface area contributed by atoms with Gasteiger partial charge in [0.15, 0.2) is 5.69 Å². The maximum Gasteiger partial charge on any atom is 0.276 e. The number of hydrogen-bond acceptors (Lipinski definition) is 6. The Kier molecular flexibility index (Phi) is 4.30. The molecule has 0 unspecified atom stereocenters. The number of rotatable bonds is 4. The number of fused-ring (bicyclic) bond motifs is 1. The van der Waals surface area contributed by atoms with Crippen molar-refractivity contribution >= 4 is 11.7 Å². The quantitative estimate of drug-likeness (QED) is 0.771. The Hall–Kier alpha value is -3.29. The maximum absolute atomic E-state index is 12.8. The first-order valence-electron chi connectivity index (χ1n) is 8.61. The molecule has 8 nitrogen and oxygen atoms in total. The third-order valence-corrected chi connectivity index (χ3v) is 4.32. The standard InChI is InChI=1S/C18H19N7O/c1-2-19-17-10-13-11-24(9-8-15(13)20-22-17)18(26)16-12-25(23-21-16)14-6-4-3-5-7-14/h3-7,10,12H,2,8-9,11H2,1H3,(H,19,22). The number of aromatic nitrogens is 5. The van der Waals surface area contributed by atoms with E-state index in [1.54, 1.807) is 15.8 Å². The topological polar surface area (TPSA) is 88.8 Å². The Labute approximate surface area is 150 Å². The third kappa shape index (κ3) is 3.13. The summed E-state index contributed by atoms with van der Waals surface area (Å²) in [7, 11) is 0. The summed E-state index contributed by atoms with van der Waals surface area (Å²) in [4.78, 5) is 14.6. The van der Waals surface area contributed by atoms with E-state index in [0.29, 0.717) is 25.2 Å². The molecular formula is C18H19N7O. The second kappa shape index (κ2) is 6.91. The smallest absolute Gasteiger partial charge is 0.276 e. The van der Waals surface area contributed by atoms with Gasteiger partial charge < -0.3 is 10.2 Å². The molecule has 4 rings (SSSR count). The van der Waals surface area contributed by atoms with Crippen LogP contribution in [0.25, 0.3) is 5.69 Å². The van der Waals surface area contributed by atoms with E-state index < -0.39 is 0 Å². The van der Waals surface area contributed by atoms with Crippen molar-refractivity contribution in [2.45, 2.75) is 19.9 Å². The fourth-order valence-corrected chi connectivity index (χ4v) is 3.00. The van der Waals surface area contributed by atoms with Crippen molar-refractivity contribution in [3.8, 4) is 5.69 Å². The van der Waals surface area contributed by atoms with Crippen LogP contribution >= 0.6 is 0 Å². The minimum absolute atomic E-state index is 0.125. The van der Waals surface area contributed by atoms with Crippen LogP contribution in [0.5, 0.6) is 0 Å². The van der Waals surface area contributed by atoms with Crippen LogP contribution < -0.4 is 5.32 Å². The van der Waals surface area contributed by atoms with E-state index in [4.69, 9.17) is 0 Å². The summed E-state index contributed by atoms with van der Waals surface area (Å²) in [6, 6.07) is 11.6. The predicted molar refractivity (Wildman–Crippen MR) is 96.0 cm³/mol. The fourth-order valence-electron chi connectivity index (χ4n) is 3.00. The van der Waals surface area contributed by atoms with Gasteiger partial charge in [-0.25, -0.2) is 4.68 Å². The van der Waals surface area contributed by atoms with Crippen molar-refractivity contribution < 1.29 is 4.79 Å². The van der Waals surface area contributed by atoms with E-state index in [-0.39, 0.29) is 5.91 Å². The number of nitrogens with one attached hydrogen (secondary N) is 1. The van der Waals surface area contributed by atoms with Crippen LogP contribution in [0.15, 0.2) is 42.6 Å². The zero-order chi connectivity index (χ0) is 17.9. The molecule has 0 saturated carbocycles. The van der Waals surface area contributed by atoms with Gasteiger partial charge >= 0.3 is 0 Å². The number of nitrogens with zero attached hydrogens (tertiary/aromatic N) is 6. The Balaban J connectivity index is 1.53. The number of anilines is 1. The lowest BCUT2D eigenvalue weighted by Crippen LogP contribution is -2.36. The Bertz CT molecular complexity index is 922. The second-order valence-electron chi connectivity index (χ2n) is 6.09. The van der Waals surface area contributed by atoms with E-state index >= 15 is 0 Å². The average Bonchev–Trinajstić information content (AvgIpc) is 3.18. The SMILES string of the molecule is CCNc1cc2c(nn1)CCN(C(=O)c1cn(-c3ccccc3)nn1)C2. The highest BCUT2D eigenvalue weighted by Gasteiger charge is 2.25. The highest BCUT2D eigenvalue weighted by molar-refractivity contribution is 5.92. The van der Waals surface area contributed by atoms with Crippen molar-refractivity contribution in [3.63, 3.8) is 0 Å². The van der Waals surface area contributed by atoms with E-state index in [1.165, 1.54) is 0 Å². The van der Waals surface area contributed by atoms with Crippen LogP contribution in [0.3, 0.4) is 0 Å². The van der Waals surface area contributed by atoms with Crippen LogP contribution in [0, 0.1) is 0 Å². The molecule has 132 valence electrons. The maximum atomic E-state index is 12.8. The molecule has 0 fully saturated rings. The van der Waals surface area contributed by atoms with E-state index in [2.05, 4.69) is 25.8 Å². The minimum atomic E-state index is -0.125. The van der Waals surface area contributed by atoms with Crippen molar-refractivity contribution in [1.82, 2.24) is 30.1 Å². The van der Waals surface area contributed by atoms with Gasteiger partial charge in [0.05, 0.1) is 17.6 Å². The first-order chi connectivity index (χ1) is 12.7. The van der Waals surface area contributed by atoms with Crippen molar-refractivity contribution in [3.05, 3.63) is 59.5 Å². The molecule has 26 heavy (non-hydrogen) atoms. The monoisotopic (exact) mass is 349 g/mol. The molecule has 0 radical (unpaired) electrons. The van der Waals surface area contributed by atoms with E-state index in [1.807, 2.05) is 43.3 Å². The summed E-state index contributed by atoms with van der Waals surface area (Å²) in [5.41, 5.74) is 3.18. The molecule has 2 aromatic heterocycles. The van der Waals surface area contributed by atoms with Crippen LogP contribution in [-0.4, -0.2) is 49.1 Å². The summed E-state index contributed by atoms with van der Waals surface area (Å²) in [6.07, 6.45) is 2.36. The largest absolute Gasteiger partial charge is 0.369 e. The van der Waals surface area contributed by atoms with Crippen LogP contribution in [0.4, 0.5) is 5.82 Å². The lowest BCUT2D eigenvalue weighted by atomic mass is 10.1. The van der Waals surface area contributed by atoms with E-state index in [0.717, 1.165) is 29.3 Å². The Morgan fingerprint density at radius 2 is 2.04 bits per heavy atom. The van der Waals surface area contributed by atoms with Crippen molar-refractivity contribution in [1.29, 1.82) is 0 Å². The van der Waals surface area contributed by atoms with Crippen molar-refractivity contribution in [2.75, 3.05) is 18.4 Å². The molecule has 3 heterocycles. The normalized spacial score (nSPS) is 13.3. The van der Waals surface area contributed by atoms with Crippen LogP contribution in [0.1, 0.15) is 28.7 Å². The molecule has 0 bridgehead atoms. The Morgan fingerprint density at radius 1 is 1.19 bits per heavy atom. The molecule has 1 aliphatic heterocycles. The number of carbonyl (C=O) groups is 1. The van der Waals surface area contributed by atoms with Gasteiger partial charge in [-0.15, -0.1) is 10.2 Å². The molecule has 1 amide bonds. The summed E-state index contributed by atoms with van der Waals surface area (Å²) in [6.45, 7) is 3.88. The second-order valence-corrected chi connectivity index (χ2v) is 6.09. The van der Waals surface area contributed by atoms with E-state index in [9.17, 15) is 4.79 Å². The summed E-state index contributed by atoms with van der Waals surface area (Å²) in [5, 5.41) is 19.7. The van der Waals surface area contributed by atoms with Gasteiger partial charge in [-0.1, -0.05) is 23.4 Å². The van der Waals surface area contributed by atoms with Gasteiger partial charge in [0.1, 0.15) is 5.82 Å². The van der Waals surface area contributed by atoms with Gasteiger partial charge in [-0.3, -0.25) is 4.79 Å². The first-order valence-corrected chi connectivity index (χ1v) is 8.61. The van der Waals surface area contributed by atoms with Crippen LogP contribution in [0.2, 0.25) is 0 Å². The molecule has 0 atom stereocenters. The lowest BCUT2D eigenvalue weighted by Gasteiger charge is -2.27. The van der Waals surface area contributed by atoms with Crippen molar-refractivity contribution in [2.24, 2.45) is 0 Å². The number of hydrogen-bond donors (Lipinski definition) is 1. The zero-order valence-corrected chi connectivity index (χ0v) is 14.5. The number of amides is 1. The molecule has 0 spiro atoms. The molecule has 0 aliphatic carbocycles.